The molecule has 1 aliphatic rings. The van der Waals surface area contributed by atoms with Gasteiger partial charge in [0, 0.05) is 25.7 Å². The zero-order chi connectivity index (χ0) is 8.55. The summed E-state index contributed by atoms with van der Waals surface area (Å²) in [7, 11) is 1.99. The molecule has 0 amide bonds. The number of nitrogens with zero attached hydrogens (tertiary/aromatic N) is 2. The lowest BCUT2D eigenvalue weighted by Crippen LogP contribution is -2.19. The first-order valence-electron chi connectivity index (χ1n) is 4.50. The Morgan fingerprint density at radius 2 is 2.50 bits per heavy atom. The van der Waals surface area contributed by atoms with Crippen LogP contribution in [0.25, 0.3) is 0 Å². The largest absolute Gasteiger partial charge is 0.316 e. The molecule has 12 heavy (non-hydrogen) atoms. The second kappa shape index (κ2) is 2.90. The van der Waals surface area contributed by atoms with Gasteiger partial charge < -0.3 is 5.32 Å². The molecule has 0 spiro atoms. The minimum Gasteiger partial charge on any atom is -0.316 e. The molecule has 3 heteroatoms. The quantitative estimate of drug-likeness (QED) is 0.612. The Kier molecular flexibility index (Phi) is 1.89. The van der Waals surface area contributed by atoms with Crippen LogP contribution < -0.4 is 5.32 Å². The van der Waals surface area contributed by atoms with E-state index in [-0.39, 0.29) is 0 Å². The maximum Gasteiger partial charge on any atom is 0.0697 e. The third-order valence-electron chi connectivity index (χ3n) is 2.43. The molecule has 1 atom stereocenters. The third kappa shape index (κ3) is 1.25. The highest BCUT2D eigenvalue weighted by Crippen LogP contribution is 2.19. The van der Waals surface area contributed by atoms with Crippen molar-refractivity contribution in [2.45, 2.75) is 19.3 Å². The predicted molar refractivity (Wildman–Crippen MR) is 48.2 cm³/mol. The molecule has 66 valence electrons. The van der Waals surface area contributed by atoms with Crippen molar-refractivity contribution in [1.82, 2.24) is 15.1 Å². The van der Waals surface area contributed by atoms with Gasteiger partial charge in [-0.2, -0.15) is 5.10 Å². The fourth-order valence-corrected chi connectivity index (χ4v) is 1.80. The van der Waals surface area contributed by atoms with Crippen LogP contribution in [0, 0.1) is 0 Å². The number of aryl methyl sites for hydroxylation is 1. The Morgan fingerprint density at radius 3 is 3.33 bits per heavy atom. The van der Waals surface area contributed by atoms with E-state index in [2.05, 4.69) is 23.5 Å². The SMILES string of the molecule is CC1CNCCc2cn(C)nc21. The Bertz CT molecular complexity index is 277. The van der Waals surface area contributed by atoms with Crippen LogP contribution in [0.1, 0.15) is 24.1 Å². The van der Waals surface area contributed by atoms with Gasteiger partial charge in [-0.3, -0.25) is 4.68 Å². The van der Waals surface area contributed by atoms with Gasteiger partial charge in [0.25, 0.3) is 0 Å². The minimum absolute atomic E-state index is 0.559. The molecule has 0 saturated heterocycles. The molecule has 3 nitrogen and oxygen atoms in total. The molecule has 0 aliphatic carbocycles. The van der Waals surface area contributed by atoms with Crippen molar-refractivity contribution in [2.75, 3.05) is 13.1 Å². The number of fused-ring (bicyclic) bond motifs is 1. The second-order valence-corrected chi connectivity index (χ2v) is 3.57. The lowest BCUT2D eigenvalue weighted by Gasteiger charge is -2.05. The molecule has 1 unspecified atom stereocenters. The van der Waals surface area contributed by atoms with Gasteiger partial charge in [0.05, 0.1) is 5.69 Å². The first-order valence-corrected chi connectivity index (χ1v) is 4.50. The molecule has 1 aliphatic heterocycles. The molecule has 0 saturated carbocycles. The van der Waals surface area contributed by atoms with E-state index in [4.69, 9.17) is 0 Å². The summed E-state index contributed by atoms with van der Waals surface area (Å²) in [4.78, 5) is 0. The molecule has 2 heterocycles. The third-order valence-corrected chi connectivity index (χ3v) is 2.43. The van der Waals surface area contributed by atoms with E-state index in [9.17, 15) is 0 Å². The van der Waals surface area contributed by atoms with E-state index in [0.29, 0.717) is 5.92 Å². The number of rotatable bonds is 0. The number of hydrogen-bond acceptors (Lipinski definition) is 2. The summed E-state index contributed by atoms with van der Waals surface area (Å²) in [6.45, 7) is 4.37. The highest BCUT2D eigenvalue weighted by molar-refractivity contribution is 5.22. The lowest BCUT2D eigenvalue weighted by atomic mass is 10.0. The average molecular weight is 165 g/mol. The Hall–Kier alpha value is -0.830. The molecule has 1 aromatic rings. The number of aromatic nitrogens is 2. The standard InChI is InChI=1S/C9H15N3/c1-7-5-10-4-3-8-6-12(2)11-9(7)8/h6-7,10H,3-5H2,1-2H3. The van der Waals surface area contributed by atoms with Gasteiger partial charge in [0.15, 0.2) is 0 Å². The van der Waals surface area contributed by atoms with E-state index >= 15 is 0 Å². The molecule has 1 aromatic heterocycles. The maximum atomic E-state index is 4.47. The van der Waals surface area contributed by atoms with Crippen LogP contribution in [-0.4, -0.2) is 22.9 Å². The van der Waals surface area contributed by atoms with Gasteiger partial charge in [-0.05, 0) is 18.5 Å². The van der Waals surface area contributed by atoms with Crippen LogP contribution >= 0.6 is 0 Å². The van der Waals surface area contributed by atoms with Crippen molar-refractivity contribution < 1.29 is 0 Å². The monoisotopic (exact) mass is 165 g/mol. The van der Waals surface area contributed by atoms with Crippen molar-refractivity contribution in [3.63, 3.8) is 0 Å². The lowest BCUT2D eigenvalue weighted by molar-refractivity contribution is 0.615. The van der Waals surface area contributed by atoms with Crippen molar-refractivity contribution in [3.8, 4) is 0 Å². The van der Waals surface area contributed by atoms with Gasteiger partial charge in [0.2, 0.25) is 0 Å². The smallest absolute Gasteiger partial charge is 0.0697 e. The van der Waals surface area contributed by atoms with Gasteiger partial charge >= 0.3 is 0 Å². The topological polar surface area (TPSA) is 29.9 Å². The van der Waals surface area contributed by atoms with Crippen molar-refractivity contribution in [1.29, 1.82) is 0 Å². The molecule has 0 fully saturated rings. The zero-order valence-electron chi connectivity index (χ0n) is 7.67. The average Bonchev–Trinajstić information content (AvgIpc) is 2.33. The summed E-state index contributed by atoms with van der Waals surface area (Å²) in [6.07, 6.45) is 3.26. The molecule has 0 radical (unpaired) electrons. The summed E-state index contributed by atoms with van der Waals surface area (Å²) in [5.74, 6) is 0.559. The summed E-state index contributed by atoms with van der Waals surface area (Å²) >= 11 is 0. The Labute approximate surface area is 72.8 Å². The van der Waals surface area contributed by atoms with Crippen molar-refractivity contribution in [2.24, 2.45) is 7.05 Å². The van der Waals surface area contributed by atoms with Crippen LogP contribution in [-0.2, 0) is 13.5 Å². The summed E-state index contributed by atoms with van der Waals surface area (Å²) in [5.41, 5.74) is 2.69. The summed E-state index contributed by atoms with van der Waals surface area (Å²) < 4.78 is 1.92. The summed E-state index contributed by atoms with van der Waals surface area (Å²) in [6, 6.07) is 0. The Balaban J connectivity index is 2.38. The van der Waals surface area contributed by atoms with E-state index < -0.39 is 0 Å². The van der Waals surface area contributed by atoms with E-state index in [1.54, 1.807) is 0 Å². The van der Waals surface area contributed by atoms with Crippen LogP contribution in [0.5, 0.6) is 0 Å². The maximum absolute atomic E-state index is 4.47. The molecular weight excluding hydrogens is 150 g/mol. The molecule has 1 N–H and O–H groups in total. The minimum atomic E-state index is 0.559. The number of nitrogens with one attached hydrogen (secondary N) is 1. The van der Waals surface area contributed by atoms with Crippen LogP contribution in [0.2, 0.25) is 0 Å². The highest BCUT2D eigenvalue weighted by Gasteiger charge is 2.17. The van der Waals surface area contributed by atoms with Gasteiger partial charge in [0.1, 0.15) is 0 Å². The number of hydrogen-bond donors (Lipinski definition) is 1. The van der Waals surface area contributed by atoms with E-state index in [0.717, 1.165) is 19.5 Å². The van der Waals surface area contributed by atoms with Gasteiger partial charge in [-0.1, -0.05) is 6.92 Å². The normalized spacial score (nSPS) is 23.3. The van der Waals surface area contributed by atoms with Gasteiger partial charge in [-0.15, -0.1) is 0 Å². The molecular formula is C9H15N3. The fourth-order valence-electron chi connectivity index (χ4n) is 1.80. The molecule has 0 aromatic carbocycles. The predicted octanol–water partition coefficient (Wildman–Crippen LogP) is 0.669. The fraction of sp³-hybridized carbons (Fsp3) is 0.667. The van der Waals surface area contributed by atoms with E-state index in [1.165, 1.54) is 11.3 Å². The van der Waals surface area contributed by atoms with Gasteiger partial charge in [-0.25, -0.2) is 0 Å². The molecule has 2 rings (SSSR count). The summed E-state index contributed by atoms with van der Waals surface area (Å²) in [5, 5.41) is 7.87. The van der Waals surface area contributed by atoms with Crippen molar-refractivity contribution in [3.05, 3.63) is 17.5 Å². The van der Waals surface area contributed by atoms with E-state index in [1.807, 2.05) is 11.7 Å². The Morgan fingerprint density at radius 1 is 1.67 bits per heavy atom. The first kappa shape index (κ1) is 7.80. The molecule has 0 bridgehead atoms. The second-order valence-electron chi connectivity index (χ2n) is 3.57. The van der Waals surface area contributed by atoms with Crippen LogP contribution in [0.3, 0.4) is 0 Å². The first-order chi connectivity index (χ1) is 5.77. The highest BCUT2D eigenvalue weighted by atomic mass is 15.3. The van der Waals surface area contributed by atoms with Crippen LogP contribution in [0.4, 0.5) is 0 Å². The zero-order valence-corrected chi connectivity index (χ0v) is 7.67. The van der Waals surface area contributed by atoms with Crippen molar-refractivity contribution >= 4 is 0 Å². The van der Waals surface area contributed by atoms with Crippen LogP contribution in [0.15, 0.2) is 6.20 Å².